The van der Waals surface area contributed by atoms with Crippen molar-refractivity contribution in [2.45, 2.75) is 0 Å². The minimum Gasteiger partial charge on any atom is -0.325 e. The SMILES string of the molecule is c1ccc(Nc2n[n+](-c3ccccc3)ns2)cc1. The fourth-order valence-corrected chi connectivity index (χ4v) is 2.12. The van der Waals surface area contributed by atoms with Gasteiger partial charge in [0.15, 0.2) is 0 Å². The molecule has 0 saturated carbocycles. The van der Waals surface area contributed by atoms with E-state index in [2.05, 4.69) is 14.9 Å². The largest absolute Gasteiger partial charge is 0.325 e. The second kappa shape index (κ2) is 4.93. The van der Waals surface area contributed by atoms with Gasteiger partial charge >= 0.3 is 0 Å². The molecular formula is C13H11N4S+. The molecule has 0 saturated heterocycles. The molecule has 4 nitrogen and oxygen atoms in total. The van der Waals surface area contributed by atoms with Gasteiger partial charge in [-0.3, -0.25) is 0 Å². The van der Waals surface area contributed by atoms with E-state index < -0.39 is 0 Å². The Morgan fingerprint density at radius 3 is 2.28 bits per heavy atom. The Bertz CT molecular complexity index is 622. The van der Waals surface area contributed by atoms with E-state index in [1.54, 1.807) is 4.80 Å². The fourth-order valence-electron chi connectivity index (χ4n) is 1.56. The molecule has 0 aliphatic rings. The zero-order chi connectivity index (χ0) is 12.2. The fraction of sp³-hybridized carbons (Fsp3) is 0. The Morgan fingerprint density at radius 2 is 1.56 bits per heavy atom. The Morgan fingerprint density at radius 1 is 0.889 bits per heavy atom. The minimum absolute atomic E-state index is 0.769. The monoisotopic (exact) mass is 255 g/mol. The number of nitrogens with one attached hydrogen (secondary N) is 1. The molecule has 0 aliphatic carbocycles. The zero-order valence-electron chi connectivity index (χ0n) is 9.52. The number of aromatic nitrogens is 3. The summed E-state index contributed by atoms with van der Waals surface area (Å²) in [6.45, 7) is 0. The van der Waals surface area contributed by atoms with Gasteiger partial charge in [-0.2, -0.15) is 0 Å². The second-order valence-corrected chi connectivity index (χ2v) is 4.43. The third kappa shape index (κ3) is 2.36. The van der Waals surface area contributed by atoms with Crippen LogP contribution in [0.25, 0.3) is 5.69 Å². The first-order valence-corrected chi connectivity index (χ1v) is 6.33. The van der Waals surface area contributed by atoms with E-state index >= 15 is 0 Å². The maximum atomic E-state index is 4.39. The summed E-state index contributed by atoms with van der Waals surface area (Å²) in [7, 11) is 0. The van der Waals surface area contributed by atoms with Gasteiger partial charge in [0.1, 0.15) is 4.49 Å². The molecule has 0 atom stereocenters. The molecule has 0 radical (unpaired) electrons. The molecule has 3 aromatic rings. The minimum atomic E-state index is 0.769. The van der Waals surface area contributed by atoms with Crippen LogP contribution in [0, 0.1) is 0 Å². The lowest BCUT2D eigenvalue weighted by molar-refractivity contribution is -0.709. The van der Waals surface area contributed by atoms with Crippen LogP contribution in [0.15, 0.2) is 60.7 Å². The molecular weight excluding hydrogens is 244 g/mol. The van der Waals surface area contributed by atoms with Crippen molar-refractivity contribution >= 4 is 22.4 Å². The van der Waals surface area contributed by atoms with Crippen LogP contribution in [0.3, 0.4) is 0 Å². The number of anilines is 2. The third-order valence-electron chi connectivity index (χ3n) is 2.40. The predicted molar refractivity (Wildman–Crippen MR) is 71.2 cm³/mol. The average molecular weight is 255 g/mol. The highest BCUT2D eigenvalue weighted by atomic mass is 32.1. The molecule has 88 valence electrons. The van der Waals surface area contributed by atoms with Crippen LogP contribution in [-0.2, 0) is 0 Å². The average Bonchev–Trinajstić information content (AvgIpc) is 2.89. The van der Waals surface area contributed by atoms with Crippen LogP contribution in [0.1, 0.15) is 0 Å². The lowest BCUT2D eigenvalue weighted by Crippen LogP contribution is -2.35. The molecule has 0 bridgehead atoms. The van der Waals surface area contributed by atoms with Gasteiger partial charge < -0.3 is 5.32 Å². The van der Waals surface area contributed by atoms with Crippen molar-refractivity contribution in [1.82, 2.24) is 9.59 Å². The van der Waals surface area contributed by atoms with Gasteiger partial charge in [-0.25, -0.2) is 0 Å². The number of benzene rings is 2. The molecule has 5 heteroatoms. The second-order valence-electron chi connectivity index (χ2n) is 3.69. The Labute approximate surface area is 109 Å². The lowest BCUT2D eigenvalue weighted by Gasteiger charge is -1.97. The summed E-state index contributed by atoms with van der Waals surface area (Å²) >= 11 is 1.33. The number of hydrogen-bond acceptors (Lipinski definition) is 4. The van der Waals surface area contributed by atoms with Crippen molar-refractivity contribution in [3.05, 3.63) is 60.7 Å². The highest BCUT2D eigenvalue weighted by Crippen LogP contribution is 2.15. The van der Waals surface area contributed by atoms with Crippen LogP contribution in [0.4, 0.5) is 10.8 Å². The van der Waals surface area contributed by atoms with Crippen molar-refractivity contribution in [2.75, 3.05) is 5.32 Å². The van der Waals surface area contributed by atoms with E-state index in [-0.39, 0.29) is 0 Å². The Kier molecular flexibility index (Phi) is 2.97. The van der Waals surface area contributed by atoms with E-state index in [1.165, 1.54) is 11.5 Å². The molecule has 0 aliphatic heterocycles. The van der Waals surface area contributed by atoms with Crippen LogP contribution >= 0.6 is 11.5 Å². The van der Waals surface area contributed by atoms with E-state index in [0.29, 0.717) is 0 Å². The number of nitrogens with zero attached hydrogens (tertiary/aromatic N) is 3. The summed E-state index contributed by atoms with van der Waals surface area (Å²) in [5, 5.41) is 8.38. The van der Waals surface area contributed by atoms with Gasteiger partial charge in [0.2, 0.25) is 0 Å². The molecule has 1 aromatic heterocycles. The molecule has 1 N–H and O–H groups in total. The molecule has 0 spiro atoms. The number of hydrogen-bond donors (Lipinski definition) is 1. The van der Waals surface area contributed by atoms with Gasteiger partial charge in [-0.1, -0.05) is 36.4 Å². The summed E-state index contributed by atoms with van der Waals surface area (Å²) in [6.07, 6.45) is 0. The highest BCUT2D eigenvalue weighted by molar-refractivity contribution is 7.09. The van der Waals surface area contributed by atoms with Crippen molar-refractivity contribution in [2.24, 2.45) is 0 Å². The van der Waals surface area contributed by atoms with E-state index in [4.69, 9.17) is 0 Å². The number of para-hydroxylation sites is 2. The zero-order valence-corrected chi connectivity index (χ0v) is 10.3. The van der Waals surface area contributed by atoms with Crippen LogP contribution in [-0.4, -0.2) is 9.59 Å². The summed E-state index contributed by atoms with van der Waals surface area (Å²) in [4.78, 5) is 1.62. The predicted octanol–water partition coefficient (Wildman–Crippen LogP) is 2.56. The Balaban J connectivity index is 1.82. The van der Waals surface area contributed by atoms with Crippen molar-refractivity contribution in [3.63, 3.8) is 0 Å². The maximum absolute atomic E-state index is 4.39. The van der Waals surface area contributed by atoms with Crippen LogP contribution in [0.5, 0.6) is 0 Å². The van der Waals surface area contributed by atoms with Crippen molar-refractivity contribution < 1.29 is 4.80 Å². The van der Waals surface area contributed by atoms with E-state index in [9.17, 15) is 0 Å². The molecule has 0 fully saturated rings. The van der Waals surface area contributed by atoms with Crippen molar-refractivity contribution in [3.8, 4) is 5.69 Å². The van der Waals surface area contributed by atoms with E-state index in [0.717, 1.165) is 16.5 Å². The summed E-state index contributed by atoms with van der Waals surface area (Å²) in [5.74, 6) is 0. The summed E-state index contributed by atoms with van der Waals surface area (Å²) in [5.41, 5.74) is 1.96. The van der Waals surface area contributed by atoms with Crippen LogP contribution < -0.4 is 10.1 Å². The van der Waals surface area contributed by atoms with Gasteiger partial charge in [0, 0.05) is 17.8 Å². The molecule has 2 aromatic carbocycles. The lowest BCUT2D eigenvalue weighted by atomic mass is 10.3. The standard InChI is InChI=1S/C13H11N4S/c1-3-7-11(8-4-1)14-13-15-17(16-18-13)12-9-5-2-6-10-12/h1-10H,(H,14,15,16)/q+1. The smallest absolute Gasteiger partial charge is 0.280 e. The highest BCUT2D eigenvalue weighted by Gasteiger charge is 2.14. The molecule has 0 amide bonds. The molecule has 0 unspecified atom stereocenters. The topological polar surface area (TPSA) is 41.7 Å². The van der Waals surface area contributed by atoms with E-state index in [1.807, 2.05) is 60.7 Å². The van der Waals surface area contributed by atoms with Gasteiger partial charge in [-0.05, 0) is 12.1 Å². The van der Waals surface area contributed by atoms with Gasteiger partial charge in [0.25, 0.3) is 10.8 Å². The van der Waals surface area contributed by atoms with Crippen molar-refractivity contribution in [1.29, 1.82) is 0 Å². The molecule has 3 rings (SSSR count). The first-order chi connectivity index (χ1) is 8.92. The molecule has 18 heavy (non-hydrogen) atoms. The first-order valence-electron chi connectivity index (χ1n) is 5.56. The van der Waals surface area contributed by atoms with Gasteiger partial charge in [0.05, 0.1) is 21.4 Å². The third-order valence-corrected chi connectivity index (χ3v) is 3.00. The van der Waals surface area contributed by atoms with Crippen LogP contribution in [0.2, 0.25) is 0 Å². The Hall–Kier alpha value is -2.27. The summed E-state index contributed by atoms with van der Waals surface area (Å²) in [6, 6.07) is 19.8. The first kappa shape index (κ1) is 10.9. The maximum Gasteiger partial charge on any atom is 0.280 e. The summed E-state index contributed by atoms with van der Waals surface area (Å²) < 4.78 is 4.27. The quantitative estimate of drug-likeness (QED) is 0.731. The molecule has 1 heterocycles. The number of rotatable bonds is 3. The normalized spacial score (nSPS) is 10.2. The van der Waals surface area contributed by atoms with Gasteiger partial charge in [-0.15, -0.1) is 0 Å².